The normalized spacial score (nSPS) is 12.4. The number of amides is 1. The molecule has 3 nitrogen and oxygen atoms in total. The lowest BCUT2D eigenvalue weighted by molar-refractivity contribution is -0.120. The van der Waals surface area contributed by atoms with Crippen LogP contribution < -0.4 is 10.6 Å². The van der Waals surface area contributed by atoms with Crippen molar-refractivity contribution in [3.63, 3.8) is 0 Å². The van der Waals surface area contributed by atoms with Gasteiger partial charge in [-0.1, -0.05) is 6.07 Å². The Labute approximate surface area is 88.5 Å². The maximum Gasteiger partial charge on any atom is 0.221 e. The Morgan fingerprint density at radius 2 is 2.43 bits per heavy atom. The third kappa shape index (κ3) is 3.47. The average molecular weight is 212 g/mol. The van der Waals surface area contributed by atoms with Crippen LogP contribution in [0.5, 0.6) is 0 Å². The summed E-state index contributed by atoms with van der Waals surface area (Å²) in [5, 5.41) is 7.96. The summed E-state index contributed by atoms with van der Waals surface area (Å²) in [6.45, 7) is 2.83. The summed E-state index contributed by atoms with van der Waals surface area (Å²) in [4.78, 5) is 12.2. The SMILES string of the molecule is CNC(=O)CCN[C@H](C)c1cccs1. The maximum absolute atomic E-state index is 10.9. The van der Waals surface area contributed by atoms with Crippen LogP contribution in [0, 0.1) is 0 Å². The minimum Gasteiger partial charge on any atom is -0.359 e. The number of hydrogen-bond acceptors (Lipinski definition) is 3. The monoisotopic (exact) mass is 212 g/mol. The molecule has 1 aromatic rings. The van der Waals surface area contributed by atoms with Crippen LogP contribution >= 0.6 is 11.3 Å². The summed E-state index contributed by atoms with van der Waals surface area (Å²) in [5.74, 6) is 0.0795. The van der Waals surface area contributed by atoms with Gasteiger partial charge in [0, 0.05) is 30.9 Å². The minimum absolute atomic E-state index is 0.0795. The van der Waals surface area contributed by atoms with Gasteiger partial charge < -0.3 is 10.6 Å². The van der Waals surface area contributed by atoms with Gasteiger partial charge in [-0.3, -0.25) is 4.79 Å². The van der Waals surface area contributed by atoms with Crippen molar-refractivity contribution in [2.24, 2.45) is 0 Å². The maximum atomic E-state index is 10.9. The number of hydrogen-bond donors (Lipinski definition) is 2. The van der Waals surface area contributed by atoms with Crippen LogP contribution in [0.15, 0.2) is 17.5 Å². The predicted molar refractivity (Wildman–Crippen MR) is 59.4 cm³/mol. The molecule has 1 amide bonds. The Morgan fingerprint density at radius 3 is 3.00 bits per heavy atom. The van der Waals surface area contributed by atoms with E-state index in [-0.39, 0.29) is 5.91 Å². The van der Waals surface area contributed by atoms with E-state index in [4.69, 9.17) is 0 Å². The van der Waals surface area contributed by atoms with Gasteiger partial charge in [-0.05, 0) is 18.4 Å². The van der Waals surface area contributed by atoms with E-state index < -0.39 is 0 Å². The minimum atomic E-state index is 0.0795. The molecule has 0 saturated carbocycles. The first-order valence-corrected chi connectivity index (χ1v) is 5.59. The fourth-order valence-corrected chi connectivity index (χ4v) is 1.92. The molecule has 4 heteroatoms. The Hall–Kier alpha value is -0.870. The Bertz CT molecular complexity index is 272. The lowest BCUT2D eigenvalue weighted by Crippen LogP contribution is -2.26. The van der Waals surface area contributed by atoms with Crippen LogP contribution in [0.1, 0.15) is 24.3 Å². The molecule has 0 aliphatic heterocycles. The first-order chi connectivity index (χ1) is 6.74. The van der Waals surface area contributed by atoms with E-state index in [1.807, 2.05) is 6.07 Å². The summed E-state index contributed by atoms with van der Waals surface area (Å²) in [7, 11) is 1.66. The fourth-order valence-electron chi connectivity index (χ4n) is 1.17. The van der Waals surface area contributed by atoms with E-state index in [0.717, 1.165) is 6.54 Å². The number of carbonyl (C=O) groups excluding carboxylic acids is 1. The number of rotatable bonds is 5. The van der Waals surface area contributed by atoms with E-state index in [9.17, 15) is 4.79 Å². The smallest absolute Gasteiger partial charge is 0.221 e. The van der Waals surface area contributed by atoms with Crippen LogP contribution in [0.4, 0.5) is 0 Å². The summed E-state index contributed by atoms with van der Waals surface area (Å²) in [6, 6.07) is 4.47. The van der Waals surface area contributed by atoms with Gasteiger partial charge in [-0.25, -0.2) is 0 Å². The van der Waals surface area contributed by atoms with E-state index in [0.29, 0.717) is 12.5 Å². The molecule has 0 unspecified atom stereocenters. The van der Waals surface area contributed by atoms with Crippen LogP contribution in [0.3, 0.4) is 0 Å². The van der Waals surface area contributed by atoms with Gasteiger partial charge in [0.05, 0.1) is 0 Å². The Kier molecular flexibility index (Phi) is 4.62. The van der Waals surface area contributed by atoms with Crippen molar-refractivity contribution >= 4 is 17.2 Å². The quantitative estimate of drug-likeness (QED) is 0.777. The van der Waals surface area contributed by atoms with Gasteiger partial charge in [0.25, 0.3) is 0 Å². The standard InChI is InChI=1S/C10H16N2OS/c1-8(9-4-3-7-14-9)12-6-5-10(13)11-2/h3-4,7-8,12H,5-6H2,1-2H3,(H,11,13)/t8-/m1/s1. The molecule has 1 aromatic heterocycles. The highest BCUT2D eigenvalue weighted by molar-refractivity contribution is 7.10. The highest BCUT2D eigenvalue weighted by Gasteiger charge is 2.05. The van der Waals surface area contributed by atoms with E-state index >= 15 is 0 Å². The number of thiophene rings is 1. The van der Waals surface area contributed by atoms with Crippen molar-refractivity contribution in [2.75, 3.05) is 13.6 Å². The van der Waals surface area contributed by atoms with Crippen LogP contribution in [0.2, 0.25) is 0 Å². The zero-order valence-electron chi connectivity index (χ0n) is 8.54. The number of carbonyl (C=O) groups is 1. The third-order valence-electron chi connectivity index (χ3n) is 2.05. The van der Waals surface area contributed by atoms with Gasteiger partial charge >= 0.3 is 0 Å². The molecule has 78 valence electrons. The van der Waals surface area contributed by atoms with Crippen molar-refractivity contribution < 1.29 is 4.79 Å². The second kappa shape index (κ2) is 5.78. The predicted octanol–water partition coefficient (Wildman–Crippen LogP) is 1.53. The first-order valence-electron chi connectivity index (χ1n) is 4.71. The molecule has 1 atom stereocenters. The van der Waals surface area contributed by atoms with Crippen LogP contribution in [-0.4, -0.2) is 19.5 Å². The van der Waals surface area contributed by atoms with Gasteiger partial charge in [0.1, 0.15) is 0 Å². The van der Waals surface area contributed by atoms with Crippen LogP contribution in [-0.2, 0) is 4.79 Å². The molecule has 0 saturated heterocycles. The molecule has 0 fully saturated rings. The largest absolute Gasteiger partial charge is 0.359 e. The Balaban J connectivity index is 2.22. The molecule has 0 aliphatic rings. The summed E-state index contributed by atoms with van der Waals surface area (Å²) in [6.07, 6.45) is 0.534. The van der Waals surface area contributed by atoms with Gasteiger partial charge in [-0.15, -0.1) is 11.3 Å². The van der Waals surface area contributed by atoms with E-state index in [1.165, 1.54) is 4.88 Å². The molecular weight excluding hydrogens is 196 g/mol. The van der Waals surface area contributed by atoms with E-state index in [2.05, 4.69) is 29.0 Å². The second-order valence-electron chi connectivity index (χ2n) is 3.11. The lowest BCUT2D eigenvalue weighted by atomic mass is 10.2. The molecule has 0 bridgehead atoms. The number of nitrogens with one attached hydrogen (secondary N) is 2. The summed E-state index contributed by atoms with van der Waals surface area (Å²) in [5.41, 5.74) is 0. The van der Waals surface area contributed by atoms with Crippen molar-refractivity contribution in [1.29, 1.82) is 0 Å². The third-order valence-corrected chi connectivity index (χ3v) is 3.11. The van der Waals surface area contributed by atoms with Gasteiger partial charge in [-0.2, -0.15) is 0 Å². The molecule has 0 spiro atoms. The molecule has 2 N–H and O–H groups in total. The van der Waals surface area contributed by atoms with Crippen molar-refractivity contribution in [2.45, 2.75) is 19.4 Å². The first kappa shape index (κ1) is 11.2. The fraction of sp³-hybridized carbons (Fsp3) is 0.500. The molecule has 14 heavy (non-hydrogen) atoms. The van der Waals surface area contributed by atoms with Crippen molar-refractivity contribution in [3.8, 4) is 0 Å². The molecule has 0 aromatic carbocycles. The van der Waals surface area contributed by atoms with Crippen molar-refractivity contribution in [1.82, 2.24) is 10.6 Å². The lowest BCUT2D eigenvalue weighted by Gasteiger charge is -2.11. The second-order valence-corrected chi connectivity index (χ2v) is 4.09. The molecular formula is C10H16N2OS. The molecule has 1 heterocycles. The topological polar surface area (TPSA) is 41.1 Å². The highest BCUT2D eigenvalue weighted by atomic mass is 32.1. The van der Waals surface area contributed by atoms with Gasteiger partial charge in [0.2, 0.25) is 5.91 Å². The summed E-state index contributed by atoms with van der Waals surface area (Å²) < 4.78 is 0. The highest BCUT2D eigenvalue weighted by Crippen LogP contribution is 2.17. The Morgan fingerprint density at radius 1 is 1.64 bits per heavy atom. The van der Waals surface area contributed by atoms with Gasteiger partial charge in [0.15, 0.2) is 0 Å². The molecule has 0 aliphatic carbocycles. The van der Waals surface area contributed by atoms with E-state index in [1.54, 1.807) is 18.4 Å². The van der Waals surface area contributed by atoms with Crippen LogP contribution in [0.25, 0.3) is 0 Å². The summed E-state index contributed by atoms with van der Waals surface area (Å²) >= 11 is 1.73. The average Bonchev–Trinajstić information content (AvgIpc) is 2.70. The zero-order valence-corrected chi connectivity index (χ0v) is 9.36. The molecule has 1 rings (SSSR count). The zero-order chi connectivity index (χ0) is 10.4. The molecule has 0 radical (unpaired) electrons. The van der Waals surface area contributed by atoms with Crippen molar-refractivity contribution in [3.05, 3.63) is 22.4 Å².